The van der Waals surface area contributed by atoms with Gasteiger partial charge in [-0.1, -0.05) is 18.2 Å². The molecule has 0 saturated carbocycles. The van der Waals surface area contributed by atoms with Gasteiger partial charge in [-0.15, -0.1) is 0 Å². The molecule has 5 nitrogen and oxygen atoms in total. The van der Waals surface area contributed by atoms with Crippen molar-refractivity contribution in [2.75, 3.05) is 0 Å². The van der Waals surface area contributed by atoms with E-state index in [1.807, 2.05) is 6.92 Å². The number of hydrogen-bond acceptors (Lipinski definition) is 4. The number of primary amides is 1. The van der Waals surface area contributed by atoms with E-state index in [1.165, 1.54) is 12.2 Å². The Kier molecular flexibility index (Phi) is 4.99. The minimum atomic E-state index is -0.851. The van der Waals surface area contributed by atoms with Gasteiger partial charge in [0.2, 0.25) is 0 Å². The zero-order valence-corrected chi connectivity index (χ0v) is 13.4. The lowest BCUT2D eigenvalue weighted by molar-refractivity contribution is -0.114. The van der Waals surface area contributed by atoms with Crippen LogP contribution in [0.25, 0.3) is 6.08 Å². The van der Waals surface area contributed by atoms with Crippen LogP contribution in [0.3, 0.4) is 0 Å². The van der Waals surface area contributed by atoms with Crippen molar-refractivity contribution in [2.24, 2.45) is 16.5 Å². The standard InChI is InChI=1S/C18H18FN3O2/c1-10-6-7-16(23)11(2)13(10)8-12-4-3-5-14(19)17(12)22-15(9-20)18(21)24/h3-9,23H,20H2,1-2H3,(H2,21,24)/b12-8+,15-9+,22-17-. The number of aryl methyl sites for hydroxylation is 1. The van der Waals surface area contributed by atoms with Gasteiger partial charge in [0.15, 0.2) is 0 Å². The van der Waals surface area contributed by atoms with Crippen molar-refractivity contribution >= 4 is 17.7 Å². The molecular weight excluding hydrogens is 309 g/mol. The molecule has 1 amide bonds. The average Bonchev–Trinajstić information content (AvgIpc) is 2.54. The number of allylic oxidation sites excluding steroid dienone is 5. The number of rotatable bonds is 3. The Bertz CT molecular complexity index is 846. The number of halogens is 1. The summed E-state index contributed by atoms with van der Waals surface area (Å²) in [5.41, 5.74) is 13.0. The number of carbonyl (C=O) groups is 1. The first kappa shape index (κ1) is 17.2. The third-order valence-corrected chi connectivity index (χ3v) is 3.66. The van der Waals surface area contributed by atoms with Gasteiger partial charge in [-0.05, 0) is 48.8 Å². The minimum absolute atomic E-state index is 0.0462. The van der Waals surface area contributed by atoms with Gasteiger partial charge >= 0.3 is 0 Å². The highest BCUT2D eigenvalue weighted by Gasteiger charge is 2.17. The first-order chi connectivity index (χ1) is 11.3. The molecule has 1 aliphatic rings. The first-order valence-electron chi connectivity index (χ1n) is 7.21. The Morgan fingerprint density at radius 1 is 1.33 bits per heavy atom. The van der Waals surface area contributed by atoms with E-state index in [4.69, 9.17) is 11.5 Å². The fourth-order valence-electron chi connectivity index (χ4n) is 2.29. The fourth-order valence-corrected chi connectivity index (χ4v) is 2.29. The zero-order valence-electron chi connectivity index (χ0n) is 13.4. The molecule has 0 bridgehead atoms. The summed E-state index contributed by atoms with van der Waals surface area (Å²) < 4.78 is 14.2. The molecule has 0 radical (unpaired) electrons. The Morgan fingerprint density at radius 2 is 2.04 bits per heavy atom. The largest absolute Gasteiger partial charge is 0.508 e. The Labute approximate surface area is 139 Å². The molecule has 124 valence electrons. The fraction of sp³-hybridized carbons (Fsp3) is 0.111. The van der Waals surface area contributed by atoms with Gasteiger partial charge in [0.25, 0.3) is 5.91 Å². The number of aliphatic imine (C=N–C) groups is 1. The van der Waals surface area contributed by atoms with Crippen LogP contribution in [-0.2, 0) is 4.79 Å². The summed E-state index contributed by atoms with van der Waals surface area (Å²) >= 11 is 0. The molecule has 0 aromatic heterocycles. The number of aromatic hydroxyl groups is 1. The Hall–Kier alpha value is -3.15. The number of phenolic OH excluding ortho intramolecular Hbond substituents is 1. The van der Waals surface area contributed by atoms with E-state index in [-0.39, 0.29) is 17.2 Å². The van der Waals surface area contributed by atoms with E-state index in [0.29, 0.717) is 11.1 Å². The molecule has 0 atom stereocenters. The predicted molar refractivity (Wildman–Crippen MR) is 92.8 cm³/mol. The van der Waals surface area contributed by atoms with Crippen molar-refractivity contribution in [3.8, 4) is 5.75 Å². The topological polar surface area (TPSA) is 102 Å². The highest BCUT2D eigenvalue weighted by molar-refractivity contribution is 6.18. The third-order valence-electron chi connectivity index (χ3n) is 3.66. The summed E-state index contributed by atoms with van der Waals surface area (Å²) in [4.78, 5) is 15.2. The molecule has 2 rings (SSSR count). The van der Waals surface area contributed by atoms with E-state index in [2.05, 4.69) is 4.99 Å². The molecule has 0 aliphatic heterocycles. The van der Waals surface area contributed by atoms with E-state index in [1.54, 1.807) is 31.2 Å². The number of nitrogens with two attached hydrogens (primary N) is 2. The molecule has 6 heteroatoms. The number of amides is 1. The number of hydrogen-bond donors (Lipinski definition) is 3. The molecular formula is C18H18FN3O2. The molecule has 5 N–H and O–H groups in total. The van der Waals surface area contributed by atoms with Crippen LogP contribution in [-0.4, -0.2) is 16.7 Å². The van der Waals surface area contributed by atoms with Crippen molar-refractivity contribution in [1.82, 2.24) is 0 Å². The van der Waals surface area contributed by atoms with Crippen LogP contribution in [0.4, 0.5) is 4.39 Å². The molecule has 0 heterocycles. The van der Waals surface area contributed by atoms with E-state index in [9.17, 15) is 14.3 Å². The van der Waals surface area contributed by atoms with Crippen LogP contribution in [0.5, 0.6) is 5.75 Å². The van der Waals surface area contributed by atoms with Gasteiger partial charge in [-0.25, -0.2) is 9.38 Å². The smallest absolute Gasteiger partial charge is 0.268 e. The monoisotopic (exact) mass is 327 g/mol. The molecule has 1 aromatic carbocycles. The van der Waals surface area contributed by atoms with Gasteiger partial charge in [0.05, 0.1) is 0 Å². The van der Waals surface area contributed by atoms with Crippen LogP contribution in [0.2, 0.25) is 0 Å². The maximum Gasteiger partial charge on any atom is 0.268 e. The normalized spacial score (nSPS) is 18.1. The van der Waals surface area contributed by atoms with Crippen LogP contribution < -0.4 is 11.5 Å². The molecule has 0 unspecified atom stereocenters. The van der Waals surface area contributed by atoms with E-state index in [0.717, 1.165) is 17.3 Å². The van der Waals surface area contributed by atoms with Crippen molar-refractivity contribution < 1.29 is 14.3 Å². The molecule has 1 aliphatic carbocycles. The summed E-state index contributed by atoms with van der Waals surface area (Å²) in [5, 5.41) is 9.88. The zero-order chi connectivity index (χ0) is 17.9. The first-order valence-corrected chi connectivity index (χ1v) is 7.21. The van der Waals surface area contributed by atoms with Crippen molar-refractivity contribution in [2.45, 2.75) is 13.8 Å². The highest BCUT2D eigenvalue weighted by atomic mass is 19.1. The number of nitrogens with zero attached hydrogens (tertiary/aromatic N) is 1. The second kappa shape index (κ2) is 6.95. The number of carbonyl (C=O) groups excluding carboxylic acids is 1. The average molecular weight is 327 g/mol. The van der Waals surface area contributed by atoms with Crippen LogP contribution in [0, 0.1) is 13.8 Å². The van der Waals surface area contributed by atoms with Gasteiger partial charge < -0.3 is 16.6 Å². The Balaban J connectivity index is 2.62. The third kappa shape index (κ3) is 3.43. The maximum atomic E-state index is 14.2. The lowest BCUT2D eigenvalue weighted by Gasteiger charge is -2.13. The van der Waals surface area contributed by atoms with Gasteiger partial charge in [-0.2, -0.15) is 0 Å². The van der Waals surface area contributed by atoms with Crippen LogP contribution in [0.15, 0.2) is 58.7 Å². The summed E-state index contributed by atoms with van der Waals surface area (Å²) in [6.45, 7) is 3.64. The summed E-state index contributed by atoms with van der Waals surface area (Å²) in [7, 11) is 0. The predicted octanol–water partition coefficient (Wildman–Crippen LogP) is 2.54. The van der Waals surface area contributed by atoms with Gasteiger partial charge in [0.1, 0.15) is 23.0 Å². The molecule has 1 aromatic rings. The SMILES string of the molecule is Cc1ccc(O)c(C)c1\C=C1/C=CC=C(F)/C1=N\C(=C\N)C(N)=O. The summed E-state index contributed by atoms with van der Waals surface area (Å²) in [6.07, 6.45) is 7.04. The second-order valence-electron chi connectivity index (χ2n) is 5.29. The lowest BCUT2D eigenvalue weighted by Crippen LogP contribution is -2.16. The molecule has 24 heavy (non-hydrogen) atoms. The molecule has 0 fully saturated rings. The van der Waals surface area contributed by atoms with Crippen molar-refractivity contribution in [3.63, 3.8) is 0 Å². The minimum Gasteiger partial charge on any atom is -0.508 e. The van der Waals surface area contributed by atoms with Crippen LogP contribution in [0.1, 0.15) is 16.7 Å². The number of phenols is 1. The van der Waals surface area contributed by atoms with E-state index >= 15 is 0 Å². The van der Waals surface area contributed by atoms with Crippen molar-refractivity contribution in [1.29, 1.82) is 0 Å². The van der Waals surface area contributed by atoms with Gasteiger partial charge in [0, 0.05) is 11.8 Å². The Morgan fingerprint density at radius 3 is 2.67 bits per heavy atom. The van der Waals surface area contributed by atoms with E-state index < -0.39 is 11.7 Å². The molecule has 0 saturated heterocycles. The highest BCUT2D eigenvalue weighted by Crippen LogP contribution is 2.28. The summed E-state index contributed by atoms with van der Waals surface area (Å²) in [6, 6.07) is 3.36. The van der Waals surface area contributed by atoms with Crippen molar-refractivity contribution in [3.05, 3.63) is 70.3 Å². The van der Waals surface area contributed by atoms with Gasteiger partial charge in [-0.3, -0.25) is 4.79 Å². The lowest BCUT2D eigenvalue weighted by atomic mass is 9.95. The van der Waals surface area contributed by atoms with Crippen LogP contribution >= 0.6 is 0 Å². The maximum absolute atomic E-state index is 14.2. The quantitative estimate of drug-likeness (QED) is 0.743. The molecule has 0 spiro atoms. The number of benzene rings is 1. The summed E-state index contributed by atoms with van der Waals surface area (Å²) in [5.74, 6) is -1.32. The second-order valence-corrected chi connectivity index (χ2v) is 5.29.